The monoisotopic (exact) mass is 365 g/mol. The molecule has 27 heavy (non-hydrogen) atoms. The summed E-state index contributed by atoms with van der Waals surface area (Å²) in [5, 5.41) is 15.2. The zero-order chi connectivity index (χ0) is 18.8. The van der Waals surface area contributed by atoms with Gasteiger partial charge in [-0.05, 0) is 45.0 Å². The minimum atomic E-state index is -0.234. The molecule has 8 heteroatoms. The number of hydrogen-bond donors (Lipinski definition) is 2. The fraction of sp³-hybridized carbons (Fsp3) is 0.368. The Morgan fingerprint density at radius 3 is 2.67 bits per heavy atom. The lowest BCUT2D eigenvalue weighted by Gasteiger charge is -2.19. The molecule has 140 valence electrons. The van der Waals surface area contributed by atoms with E-state index >= 15 is 0 Å². The molecule has 2 N–H and O–H groups in total. The molecular weight excluding hydrogens is 342 g/mol. The first-order valence-corrected chi connectivity index (χ1v) is 9.16. The van der Waals surface area contributed by atoms with Crippen LogP contribution in [0.2, 0.25) is 0 Å². The molecule has 1 aromatic carbocycles. The predicted octanol–water partition coefficient (Wildman–Crippen LogP) is 2.03. The number of amides is 1. The van der Waals surface area contributed by atoms with Gasteiger partial charge in [-0.15, -0.1) is 0 Å². The van der Waals surface area contributed by atoms with Gasteiger partial charge in [0.05, 0.1) is 16.9 Å². The predicted molar refractivity (Wildman–Crippen MR) is 102 cm³/mol. The number of nitrogens with zero attached hydrogens (tertiary/aromatic N) is 5. The van der Waals surface area contributed by atoms with Crippen molar-refractivity contribution in [2.24, 2.45) is 7.05 Å². The van der Waals surface area contributed by atoms with E-state index in [0.717, 1.165) is 37.4 Å². The van der Waals surface area contributed by atoms with E-state index < -0.39 is 0 Å². The zero-order valence-corrected chi connectivity index (χ0v) is 15.5. The number of carbonyl (C=O) groups excluding carboxylic acids is 1. The van der Waals surface area contributed by atoms with Crippen molar-refractivity contribution in [2.45, 2.75) is 25.7 Å². The third-order valence-electron chi connectivity index (χ3n) is 4.87. The smallest absolute Gasteiger partial charge is 0.261 e. The molecule has 0 bridgehead atoms. The Balaban J connectivity index is 1.53. The minimum Gasteiger partial charge on any atom is -0.317 e. The molecule has 1 aliphatic heterocycles. The Morgan fingerprint density at radius 2 is 1.93 bits per heavy atom. The van der Waals surface area contributed by atoms with Crippen molar-refractivity contribution in [3.05, 3.63) is 53.6 Å². The van der Waals surface area contributed by atoms with Gasteiger partial charge < -0.3 is 5.32 Å². The number of carbonyl (C=O) groups is 1. The van der Waals surface area contributed by atoms with Gasteiger partial charge in [0, 0.05) is 19.2 Å². The fourth-order valence-corrected chi connectivity index (χ4v) is 3.33. The SMILES string of the molecule is Cc1nn(-c2ccccc2)cc1C(=O)Nc1nc(C2CCNCC2)nn1C. The maximum atomic E-state index is 12.8. The summed E-state index contributed by atoms with van der Waals surface area (Å²) in [6.45, 7) is 3.77. The van der Waals surface area contributed by atoms with Crippen molar-refractivity contribution >= 4 is 11.9 Å². The summed E-state index contributed by atoms with van der Waals surface area (Å²) in [5.74, 6) is 1.36. The van der Waals surface area contributed by atoms with Gasteiger partial charge in [-0.3, -0.25) is 10.1 Å². The van der Waals surface area contributed by atoms with Crippen LogP contribution >= 0.6 is 0 Å². The second-order valence-electron chi connectivity index (χ2n) is 6.80. The highest BCUT2D eigenvalue weighted by atomic mass is 16.1. The maximum absolute atomic E-state index is 12.8. The van der Waals surface area contributed by atoms with Crippen LogP contribution in [0.4, 0.5) is 5.95 Å². The molecule has 0 radical (unpaired) electrons. The molecule has 8 nitrogen and oxygen atoms in total. The lowest BCUT2D eigenvalue weighted by Crippen LogP contribution is -2.27. The standard InChI is InChI=1S/C19H23N7O/c1-13-16(12-26(23-13)15-6-4-3-5-7-15)18(27)22-19-21-17(24-25(19)2)14-8-10-20-11-9-14/h3-7,12,14,20H,8-11H2,1-2H3,(H,21,22,24,27). The summed E-state index contributed by atoms with van der Waals surface area (Å²) in [4.78, 5) is 17.3. The Bertz CT molecular complexity index is 938. The number of rotatable bonds is 4. The van der Waals surface area contributed by atoms with Gasteiger partial charge in [-0.1, -0.05) is 18.2 Å². The number of piperidine rings is 1. The zero-order valence-electron chi connectivity index (χ0n) is 15.5. The molecule has 3 aromatic rings. The van der Waals surface area contributed by atoms with Crippen molar-refractivity contribution in [1.29, 1.82) is 0 Å². The summed E-state index contributed by atoms with van der Waals surface area (Å²) < 4.78 is 3.34. The van der Waals surface area contributed by atoms with Crippen LogP contribution in [-0.2, 0) is 7.05 Å². The number of hydrogen-bond acceptors (Lipinski definition) is 5. The van der Waals surface area contributed by atoms with Gasteiger partial charge in [0.1, 0.15) is 0 Å². The summed E-state index contributed by atoms with van der Waals surface area (Å²) in [7, 11) is 1.80. The van der Waals surface area contributed by atoms with Gasteiger partial charge in [-0.25, -0.2) is 9.36 Å². The second-order valence-corrected chi connectivity index (χ2v) is 6.80. The molecule has 0 aliphatic carbocycles. The van der Waals surface area contributed by atoms with E-state index in [1.54, 1.807) is 22.6 Å². The number of nitrogens with one attached hydrogen (secondary N) is 2. The number of benzene rings is 1. The molecule has 1 aliphatic rings. The molecule has 3 heterocycles. The topological polar surface area (TPSA) is 89.7 Å². The maximum Gasteiger partial charge on any atom is 0.261 e. The number of aromatic nitrogens is 5. The molecule has 2 aromatic heterocycles. The van der Waals surface area contributed by atoms with Gasteiger partial charge in [0.2, 0.25) is 5.95 Å². The normalized spacial score (nSPS) is 15.0. The Morgan fingerprint density at radius 1 is 1.19 bits per heavy atom. The average Bonchev–Trinajstić information content (AvgIpc) is 3.26. The molecule has 1 fully saturated rings. The van der Waals surface area contributed by atoms with E-state index in [0.29, 0.717) is 23.1 Å². The van der Waals surface area contributed by atoms with Crippen LogP contribution in [0.1, 0.15) is 40.6 Å². The molecule has 1 saturated heterocycles. The highest BCUT2D eigenvalue weighted by Crippen LogP contribution is 2.23. The first-order chi connectivity index (χ1) is 13.1. The molecule has 4 rings (SSSR count). The quantitative estimate of drug-likeness (QED) is 0.738. The lowest BCUT2D eigenvalue weighted by atomic mass is 9.98. The van der Waals surface area contributed by atoms with Crippen LogP contribution in [0.5, 0.6) is 0 Å². The molecule has 0 unspecified atom stereocenters. The Kier molecular flexibility index (Phi) is 4.72. The fourth-order valence-electron chi connectivity index (χ4n) is 3.33. The molecule has 1 amide bonds. The average molecular weight is 365 g/mol. The number of anilines is 1. The summed E-state index contributed by atoms with van der Waals surface area (Å²) >= 11 is 0. The summed E-state index contributed by atoms with van der Waals surface area (Å²) in [5.41, 5.74) is 2.09. The number of aryl methyl sites for hydroxylation is 2. The van der Waals surface area contributed by atoms with Gasteiger partial charge in [0.25, 0.3) is 5.91 Å². The number of para-hydroxylation sites is 1. The highest BCUT2D eigenvalue weighted by Gasteiger charge is 2.22. The van der Waals surface area contributed by atoms with Crippen LogP contribution in [0.25, 0.3) is 5.69 Å². The Hall–Kier alpha value is -3.00. The molecule has 0 atom stereocenters. The van der Waals surface area contributed by atoms with E-state index in [2.05, 4.69) is 25.8 Å². The molecular formula is C19H23N7O. The molecule has 0 spiro atoms. The van der Waals surface area contributed by atoms with Gasteiger partial charge >= 0.3 is 0 Å². The highest BCUT2D eigenvalue weighted by molar-refractivity contribution is 6.04. The van der Waals surface area contributed by atoms with Crippen LogP contribution in [-0.4, -0.2) is 43.5 Å². The first-order valence-electron chi connectivity index (χ1n) is 9.16. The van der Waals surface area contributed by atoms with Crippen molar-refractivity contribution < 1.29 is 4.79 Å². The van der Waals surface area contributed by atoms with Crippen LogP contribution in [0, 0.1) is 6.92 Å². The van der Waals surface area contributed by atoms with E-state index in [4.69, 9.17) is 0 Å². The first kappa shape index (κ1) is 17.4. The van der Waals surface area contributed by atoms with E-state index in [1.807, 2.05) is 37.3 Å². The summed E-state index contributed by atoms with van der Waals surface area (Å²) in [6, 6.07) is 9.72. The third kappa shape index (κ3) is 3.61. The van der Waals surface area contributed by atoms with Crippen LogP contribution in [0.15, 0.2) is 36.5 Å². The largest absolute Gasteiger partial charge is 0.317 e. The van der Waals surface area contributed by atoms with Crippen molar-refractivity contribution in [3.8, 4) is 5.69 Å². The van der Waals surface area contributed by atoms with E-state index in [-0.39, 0.29) is 5.91 Å². The molecule has 0 saturated carbocycles. The van der Waals surface area contributed by atoms with Gasteiger partial charge in [0.15, 0.2) is 5.82 Å². The van der Waals surface area contributed by atoms with E-state index in [9.17, 15) is 4.79 Å². The Labute approximate surface area is 157 Å². The van der Waals surface area contributed by atoms with Crippen molar-refractivity contribution in [2.75, 3.05) is 18.4 Å². The third-order valence-corrected chi connectivity index (χ3v) is 4.87. The van der Waals surface area contributed by atoms with Crippen molar-refractivity contribution in [1.82, 2.24) is 29.9 Å². The van der Waals surface area contributed by atoms with Crippen molar-refractivity contribution in [3.63, 3.8) is 0 Å². The lowest BCUT2D eigenvalue weighted by molar-refractivity contribution is 0.102. The summed E-state index contributed by atoms with van der Waals surface area (Å²) in [6.07, 6.45) is 3.77. The minimum absolute atomic E-state index is 0.234. The van der Waals surface area contributed by atoms with E-state index in [1.165, 1.54) is 0 Å². The second kappa shape index (κ2) is 7.32. The van der Waals surface area contributed by atoms with Crippen LogP contribution in [0.3, 0.4) is 0 Å². The van der Waals surface area contributed by atoms with Crippen LogP contribution < -0.4 is 10.6 Å². The van der Waals surface area contributed by atoms with Gasteiger partial charge in [-0.2, -0.15) is 15.2 Å².